The summed E-state index contributed by atoms with van der Waals surface area (Å²) in [5.41, 5.74) is 0.707. The number of nitrogens with one attached hydrogen (secondary N) is 3. The Hall–Kier alpha value is -2.18. The van der Waals surface area contributed by atoms with Gasteiger partial charge in [0.15, 0.2) is 0 Å². The van der Waals surface area contributed by atoms with Crippen molar-refractivity contribution in [2.75, 3.05) is 5.32 Å². The van der Waals surface area contributed by atoms with Gasteiger partial charge in [-0.2, -0.15) is 5.10 Å². The van der Waals surface area contributed by atoms with E-state index in [-0.39, 0.29) is 28.7 Å². The van der Waals surface area contributed by atoms with Crippen molar-refractivity contribution in [1.29, 1.82) is 0 Å². The first-order valence-electron chi connectivity index (χ1n) is 8.64. The summed E-state index contributed by atoms with van der Waals surface area (Å²) in [7, 11) is 0. The van der Waals surface area contributed by atoms with E-state index in [2.05, 4.69) is 48.2 Å². The molecule has 7 heteroatoms. The van der Waals surface area contributed by atoms with Crippen LogP contribution < -0.4 is 10.6 Å². The highest BCUT2D eigenvalue weighted by Crippen LogP contribution is 2.37. The van der Waals surface area contributed by atoms with Crippen LogP contribution in [0, 0.1) is 11.3 Å². The van der Waals surface area contributed by atoms with Gasteiger partial charge in [-0.05, 0) is 37.0 Å². The molecule has 25 heavy (non-hydrogen) atoms. The van der Waals surface area contributed by atoms with E-state index in [4.69, 9.17) is 0 Å². The molecule has 1 aliphatic rings. The predicted molar refractivity (Wildman–Crippen MR) is 94.7 cm³/mol. The quantitative estimate of drug-likeness (QED) is 0.759. The minimum absolute atomic E-state index is 0.114. The first-order chi connectivity index (χ1) is 11.7. The molecule has 138 valence electrons. The Morgan fingerprint density at radius 3 is 2.52 bits per heavy atom. The number of H-pyrrole nitrogens is 1. The number of nitrogens with zero attached hydrogens (tertiary/aromatic N) is 1. The van der Waals surface area contributed by atoms with Gasteiger partial charge in [-0.25, -0.2) is 4.39 Å². The summed E-state index contributed by atoms with van der Waals surface area (Å²) in [5, 5.41) is 11.9. The van der Waals surface area contributed by atoms with Crippen molar-refractivity contribution in [2.24, 2.45) is 11.3 Å². The topological polar surface area (TPSA) is 86.9 Å². The standard InChI is InChI=1S/C18H27FN4O2/c1-11(19)9-15(24)22-14-10-20-23-16(14)17(25)21-13-7-5-12(6-8-13)18(2,3)4/h10,12-13H,1,5-9H2,2-4H3,(H,20,23)(H,21,25)(H,22,24). The summed E-state index contributed by atoms with van der Waals surface area (Å²) in [6.07, 6.45) is 4.93. The van der Waals surface area contributed by atoms with Crippen molar-refractivity contribution < 1.29 is 14.0 Å². The summed E-state index contributed by atoms with van der Waals surface area (Å²) in [5.74, 6) is -0.959. The summed E-state index contributed by atoms with van der Waals surface area (Å²) >= 11 is 0. The highest BCUT2D eigenvalue weighted by Gasteiger charge is 2.30. The minimum Gasteiger partial charge on any atom is -0.348 e. The maximum atomic E-state index is 12.7. The van der Waals surface area contributed by atoms with Crippen LogP contribution in [0.2, 0.25) is 0 Å². The Morgan fingerprint density at radius 1 is 1.32 bits per heavy atom. The van der Waals surface area contributed by atoms with Gasteiger partial charge < -0.3 is 10.6 Å². The van der Waals surface area contributed by atoms with Crippen LogP contribution in [0.15, 0.2) is 18.6 Å². The number of aromatic nitrogens is 2. The molecule has 0 atom stereocenters. The van der Waals surface area contributed by atoms with Gasteiger partial charge in [0.05, 0.1) is 18.3 Å². The van der Waals surface area contributed by atoms with Crippen molar-refractivity contribution >= 4 is 17.5 Å². The van der Waals surface area contributed by atoms with Gasteiger partial charge in [-0.15, -0.1) is 0 Å². The fourth-order valence-electron chi connectivity index (χ4n) is 3.28. The Morgan fingerprint density at radius 2 is 1.96 bits per heavy atom. The highest BCUT2D eigenvalue weighted by atomic mass is 19.1. The maximum absolute atomic E-state index is 12.7. The van der Waals surface area contributed by atoms with E-state index in [0.29, 0.717) is 5.92 Å². The number of hydrogen-bond donors (Lipinski definition) is 3. The van der Waals surface area contributed by atoms with Gasteiger partial charge in [0.2, 0.25) is 5.91 Å². The molecule has 1 aliphatic carbocycles. The average molecular weight is 350 g/mol. The van der Waals surface area contributed by atoms with E-state index < -0.39 is 18.2 Å². The van der Waals surface area contributed by atoms with Gasteiger partial charge in [-0.1, -0.05) is 27.4 Å². The van der Waals surface area contributed by atoms with E-state index in [0.717, 1.165) is 25.7 Å². The van der Waals surface area contributed by atoms with E-state index in [1.807, 2.05) is 0 Å². The zero-order chi connectivity index (χ0) is 18.6. The molecule has 0 bridgehead atoms. The number of carbonyl (C=O) groups excluding carboxylic acids is 2. The SMILES string of the molecule is C=C(F)CC(=O)Nc1cn[nH]c1C(=O)NC1CCC(C(C)(C)C)CC1. The van der Waals surface area contributed by atoms with Crippen LogP contribution in [0.3, 0.4) is 0 Å². The first-order valence-corrected chi connectivity index (χ1v) is 8.64. The molecule has 1 aromatic heterocycles. The van der Waals surface area contributed by atoms with Crippen LogP contribution in [-0.4, -0.2) is 28.1 Å². The zero-order valence-corrected chi connectivity index (χ0v) is 15.1. The monoisotopic (exact) mass is 350 g/mol. The predicted octanol–water partition coefficient (Wildman–Crippen LogP) is 3.56. The number of amides is 2. The largest absolute Gasteiger partial charge is 0.348 e. The molecule has 2 rings (SSSR count). The molecule has 0 aliphatic heterocycles. The van der Waals surface area contributed by atoms with E-state index in [9.17, 15) is 14.0 Å². The molecule has 0 unspecified atom stereocenters. The lowest BCUT2D eigenvalue weighted by molar-refractivity contribution is -0.115. The van der Waals surface area contributed by atoms with E-state index in [1.165, 1.54) is 6.20 Å². The van der Waals surface area contributed by atoms with E-state index >= 15 is 0 Å². The first kappa shape index (κ1) is 19.1. The lowest BCUT2D eigenvalue weighted by atomic mass is 9.71. The van der Waals surface area contributed by atoms with Gasteiger partial charge >= 0.3 is 0 Å². The number of aromatic amines is 1. The number of carbonyl (C=O) groups is 2. The van der Waals surface area contributed by atoms with Crippen molar-refractivity contribution in [3.63, 3.8) is 0 Å². The highest BCUT2D eigenvalue weighted by molar-refractivity contribution is 6.02. The minimum atomic E-state index is -0.734. The molecule has 1 heterocycles. The zero-order valence-electron chi connectivity index (χ0n) is 15.1. The number of anilines is 1. The third-order valence-electron chi connectivity index (χ3n) is 4.78. The number of rotatable bonds is 5. The molecule has 2 amide bonds. The average Bonchev–Trinajstić information content (AvgIpc) is 2.94. The summed E-state index contributed by atoms with van der Waals surface area (Å²) in [4.78, 5) is 24.1. The normalized spacial score (nSPS) is 20.8. The summed E-state index contributed by atoms with van der Waals surface area (Å²) in [6.45, 7) is 9.81. The fraction of sp³-hybridized carbons (Fsp3) is 0.611. The Bertz CT molecular complexity index is 640. The van der Waals surface area contributed by atoms with Crippen molar-refractivity contribution in [3.05, 3.63) is 24.3 Å². The van der Waals surface area contributed by atoms with Gasteiger partial charge in [-0.3, -0.25) is 14.7 Å². The molecule has 1 aromatic rings. The lowest BCUT2D eigenvalue weighted by Gasteiger charge is -2.37. The fourth-order valence-corrected chi connectivity index (χ4v) is 3.28. The molecule has 1 saturated carbocycles. The van der Waals surface area contributed by atoms with Gasteiger partial charge in [0, 0.05) is 6.04 Å². The van der Waals surface area contributed by atoms with Crippen LogP contribution in [0.5, 0.6) is 0 Å². The molecular formula is C18H27FN4O2. The third-order valence-corrected chi connectivity index (χ3v) is 4.78. The van der Waals surface area contributed by atoms with Gasteiger partial charge in [0.1, 0.15) is 11.5 Å². The van der Waals surface area contributed by atoms with Crippen LogP contribution >= 0.6 is 0 Å². The molecule has 0 saturated heterocycles. The second-order valence-electron chi connectivity index (χ2n) is 7.79. The Labute approximate surface area is 147 Å². The molecule has 0 aromatic carbocycles. The van der Waals surface area contributed by atoms with Crippen LogP contribution in [0.25, 0.3) is 0 Å². The van der Waals surface area contributed by atoms with Gasteiger partial charge in [0.25, 0.3) is 5.91 Å². The van der Waals surface area contributed by atoms with Crippen LogP contribution in [0.4, 0.5) is 10.1 Å². The van der Waals surface area contributed by atoms with Crippen LogP contribution in [-0.2, 0) is 4.79 Å². The molecule has 1 fully saturated rings. The molecule has 0 radical (unpaired) electrons. The second kappa shape index (κ2) is 7.80. The smallest absolute Gasteiger partial charge is 0.271 e. The third kappa shape index (κ3) is 5.41. The number of halogens is 1. The second-order valence-corrected chi connectivity index (χ2v) is 7.79. The van der Waals surface area contributed by atoms with E-state index in [1.54, 1.807) is 0 Å². The maximum Gasteiger partial charge on any atom is 0.271 e. The van der Waals surface area contributed by atoms with Crippen LogP contribution in [0.1, 0.15) is 63.4 Å². The van der Waals surface area contributed by atoms with Crippen molar-refractivity contribution in [2.45, 2.75) is 58.9 Å². The Kier molecular flexibility index (Phi) is 5.98. The molecule has 6 nitrogen and oxygen atoms in total. The summed E-state index contributed by atoms with van der Waals surface area (Å²) in [6, 6.07) is 0.114. The molecule has 3 N–H and O–H groups in total. The summed E-state index contributed by atoms with van der Waals surface area (Å²) < 4.78 is 12.7. The lowest BCUT2D eigenvalue weighted by Crippen LogP contribution is -2.39. The Balaban J connectivity index is 1.91. The van der Waals surface area contributed by atoms with Crippen molar-refractivity contribution in [3.8, 4) is 0 Å². The molecule has 0 spiro atoms. The number of hydrogen-bond acceptors (Lipinski definition) is 3. The molecular weight excluding hydrogens is 323 g/mol. The van der Waals surface area contributed by atoms with Crippen molar-refractivity contribution in [1.82, 2.24) is 15.5 Å².